The third-order valence-electron chi connectivity index (χ3n) is 5.05. The number of nitrogens with one attached hydrogen (secondary N) is 1. The van der Waals surface area contributed by atoms with Crippen molar-refractivity contribution >= 4 is 28.4 Å². The summed E-state index contributed by atoms with van der Waals surface area (Å²) in [6, 6.07) is 26.0. The van der Waals surface area contributed by atoms with E-state index in [1.165, 1.54) is 23.5 Å². The number of nitro groups is 1. The first kappa shape index (κ1) is 21.2. The molecule has 0 bridgehead atoms. The van der Waals surface area contributed by atoms with Crippen LogP contribution in [0.25, 0.3) is 28.2 Å². The molecule has 0 aliphatic carbocycles. The molecule has 34 heavy (non-hydrogen) atoms. The summed E-state index contributed by atoms with van der Waals surface area (Å²) >= 11 is 1.47. The Kier molecular flexibility index (Phi) is 5.91. The van der Waals surface area contributed by atoms with Crippen LogP contribution < -0.4 is 5.43 Å². The minimum atomic E-state index is -0.420. The van der Waals surface area contributed by atoms with Crippen molar-refractivity contribution in [2.24, 2.45) is 5.10 Å². The number of para-hydroxylation sites is 1. The van der Waals surface area contributed by atoms with Gasteiger partial charge in [-0.1, -0.05) is 48.5 Å². The number of hydrazone groups is 1. The fourth-order valence-corrected chi connectivity index (χ4v) is 4.05. The fourth-order valence-electron chi connectivity index (χ4n) is 3.38. The molecule has 8 nitrogen and oxygen atoms in total. The van der Waals surface area contributed by atoms with E-state index in [1.54, 1.807) is 23.0 Å². The number of thiazole rings is 1. The lowest BCUT2D eigenvalue weighted by atomic mass is 10.1. The van der Waals surface area contributed by atoms with Crippen LogP contribution in [-0.2, 0) is 0 Å². The highest BCUT2D eigenvalue weighted by molar-refractivity contribution is 7.14. The summed E-state index contributed by atoms with van der Waals surface area (Å²) in [5.41, 5.74) is 8.00. The Morgan fingerprint density at radius 3 is 2.35 bits per heavy atom. The van der Waals surface area contributed by atoms with Crippen molar-refractivity contribution in [3.05, 3.63) is 112 Å². The minimum Gasteiger partial charge on any atom is -0.258 e. The van der Waals surface area contributed by atoms with Gasteiger partial charge in [-0.05, 0) is 24.3 Å². The van der Waals surface area contributed by atoms with E-state index in [2.05, 4.69) is 15.5 Å². The molecule has 0 radical (unpaired) electrons. The number of benzene rings is 3. The molecule has 3 aromatic carbocycles. The number of anilines is 1. The third-order valence-corrected chi connectivity index (χ3v) is 5.80. The predicted octanol–water partition coefficient (Wildman–Crippen LogP) is 6.02. The van der Waals surface area contributed by atoms with E-state index in [0.29, 0.717) is 10.8 Å². The second kappa shape index (κ2) is 9.47. The molecule has 0 atom stereocenters. The van der Waals surface area contributed by atoms with E-state index in [4.69, 9.17) is 5.10 Å². The van der Waals surface area contributed by atoms with Gasteiger partial charge in [0.05, 0.1) is 22.5 Å². The molecular weight excluding hydrogens is 448 g/mol. The van der Waals surface area contributed by atoms with Crippen molar-refractivity contribution in [1.29, 1.82) is 0 Å². The molecule has 166 valence electrons. The van der Waals surface area contributed by atoms with Crippen LogP contribution in [0.15, 0.2) is 102 Å². The standard InChI is InChI=1S/C25H18N6O2S/c32-31(33)22-13-11-19(12-14-22)24-20(16-30(29-24)21-9-5-2-6-10-21)15-26-28-25-27-23(17-34-25)18-7-3-1-4-8-18/h1-17H,(H,27,28). The molecule has 0 aliphatic heterocycles. The highest BCUT2D eigenvalue weighted by Gasteiger charge is 2.13. The van der Waals surface area contributed by atoms with Gasteiger partial charge in [-0.15, -0.1) is 11.3 Å². The van der Waals surface area contributed by atoms with Crippen LogP contribution in [-0.4, -0.2) is 25.9 Å². The third kappa shape index (κ3) is 4.59. The molecule has 2 aromatic heterocycles. The molecule has 0 fully saturated rings. The van der Waals surface area contributed by atoms with Crippen LogP contribution in [0.1, 0.15) is 5.56 Å². The molecule has 5 rings (SSSR count). The first-order valence-electron chi connectivity index (χ1n) is 10.4. The average molecular weight is 467 g/mol. The Morgan fingerprint density at radius 1 is 0.941 bits per heavy atom. The van der Waals surface area contributed by atoms with Gasteiger partial charge in [0.1, 0.15) is 5.69 Å². The van der Waals surface area contributed by atoms with E-state index in [-0.39, 0.29) is 5.69 Å². The molecule has 2 heterocycles. The van der Waals surface area contributed by atoms with E-state index in [1.807, 2.05) is 72.2 Å². The maximum Gasteiger partial charge on any atom is 0.269 e. The lowest BCUT2D eigenvalue weighted by Crippen LogP contribution is -1.94. The Morgan fingerprint density at radius 2 is 1.65 bits per heavy atom. The second-order valence-electron chi connectivity index (χ2n) is 7.29. The first-order chi connectivity index (χ1) is 16.7. The van der Waals surface area contributed by atoms with Gasteiger partial charge in [0.2, 0.25) is 5.13 Å². The molecule has 9 heteroatoms. The van der Waals surface area contributed by atoms with Gasteiger partial charge in [-0.2, -0.15) is 10.2 Å². The van der Waals surface area contributed by atoms with Gasteiger partial charge < -0.3 is 0 Å². The lowest BCUT2D eigenvalue weighted by Gasteiger charge is -2.00. The number of nitrogens with zero attached hydrogens (tertiary/aromatic N) is 5. The van der Waals surface area contributed by atoms with Crippen LogP contribution >= 0.6 is 11.3 Å². The summed E-state index contributed by atoms with van der Waals surface area (Å²) < 4.78 is 1.76. The van der Waals surface area contributed by atoms with E-state index < -0.39 is 4.92 Å². The maximum absolute atomic E-state index is 11.0. The Hall–Kier alpha value is -4.63. The van der Waals surface area contributed by atoms with Gasteiger partial charge in [0.25, 0.3) is 5.69 Å². The van der Waals surface area contributed by atoms with Crippen molar-refractivity contribution in [2.45, 2.75) is 0 Å². The zero-order valence-corrected chi connectivity index (χ0v) is 18.6. The van der Waals surface area contributed by atoms with Crippen molar-refractivity contribution < 1.29 is 4.92 Å². The zero-order chi connectivity index (χ0) is 23.3. The van der Waals surface area contributed by atoms with Gasteiger partial charge in [-0.25, -0.2) is 9.67 Å². The van der Waals surface area contributed by atoms with Crippen molar-refractivity contribution in [1.82, 2.24) is 14.8 Å². The topological polar surface area (TPSA) is 98.2 Å². The van der Waals surface area contributed by atoms with E-state index >= 15 is 0 Å². The number of aromatic nitrogens is 3. The quantitative estimate of drug-likeness (QED) is 0.180. The number of non-ortho nitro benzene ring substituents is 1. The van der Waals surface area contributed by atoms with Crippen LogP contribution in [0.4, 0.5) is 10.8 Å². The highest BCUT2D eigenvalue weighted by Crippen LogP contribution is 2.26. The molecule has 0 aliphatic rings. The largest absolute Gasteiger partial charge is 0.269 e. The number of rotatable bonds is 7. The van der Waals surface area contributed by atoms with E-state index in [9.17, 15) is 10.1 Å². The average Bonchev–Trinajstić information content (AvgIpc) is 3.53. The normalized spacial score (nSPS) is 11.1. The van der Waals surface area contributed by atoms with Crippen molar-refractivity contribution in [2.75, 3.05) is 5.43 Å². The summed E-state index contributed by atoms with van der Waals surface area (Å²) in [6.07, 6.45) is 3.54. The summed E-state index contributed by atoms with van der Waals surface area (Å²) in [4.78, 5) is 15.2. The van der Waals surface area contributed by atoms with Crippen LogP contribution in [0.5, 0.6) is 0 Å². The summed E-state index contributed by atoms with van der Waals surface area (Å²) in [7, 11) is 0. The Balaban J connectivity index is 1.43. The molecule has 0 spiro atoms. The fraction of sp³-hybridized carbons (Fsp3) is 0. The molecule has 0 unspecified atom stereocenters. The monoisotopic (exact) mass is 466 g/mol. The zero-order valence-electron chi connectivity index (χ0n) is 17.8. The molecule has 5 aromatic rings. The summed E-state index contributed by atoms with van der Waals surface area (Å²) in [5, 5.41) is 22.7. The highest BCUT2D eigenvalue weighted by atomic mass is 32.1. The number of hydrogen-bond acceptors (Lipinski definition) is 7. The molecule has 0 saturated heterocycles. The van der Waals surface area contributed by atoms with Gasteiger partial charge in [-0.3, -0.25) is 15.5 Å². The van der Waals surface area contributed by atoms with Gasteiger partial charge >= 0.3 is 0 Å². The van der Waals surface area contributed by atoms with E-state index in [0.717, 1.165) is 28.1 Å². The first-order valence-corrected chi connectivity index (χ1v) is 11.3. The van der Waals surface area contributed by atoms with Crippen molar-refractivity contribution in [3.8, 4) is 28.2 Å². The Bertz CT molecular complexity index is 1440. The van der Waals surface area contributed by atoms with Gasteiger partial charge in [0.15, 0.2) is 0 Å². The minimum absolute atomic E-state index is 0.0288. The Labute approximate surface area is 199 Å². The molecule has 0 amide bonds. The van der Waals surface area contributed by atoms with Gasteiger partial charge in [0, 0.05) is 40.4 Å². The predicted molar refractivity (Wildman–Crippen MR) is 134 cm³/mol. The summed E-state index contributed by atoms with van der Waals surface area (Å²) in [6.45, 7) is 0. The molecule has 1 N–H and O–H groups in total. The maximum atomic E-state index is 11.0. The molecular formula is C25H18N6O2S. The van der Waals surface area contributed by atoms with Crippen LogP contribution in [0.2, 0.25) is 0 Å². The number of hydrogen-bond donors (Lipinski definition) is 1. The van der Waals surface area contributed by atoms with Crippen LogP contribution in [0, 0.1) is 10.1 Å². The summed E-state index contributed by atoms with van der Waals surface area (Å²) in [5.74, 6) is 0. The van der Waals surface area contributed by atoms with Crippen LogP contribution in [0.3, 0.4) is 0 Å². The SMILES string of the molecule is O=[N+]([O-])c1ccc(-c2nn(-c3ccccc3)cc2C=NNc2nc(-c3ccccc3)cs2)cc1. The van der Waals surface area contributed by atoms with Crippen molar-refractivity contribution in [3.63, 3.8) is 0 Å². The smallest absolute Gasteiger partial charge is 0.258 e. The number of nitro benzene ring substituents is 1. The second-order valence-corrected chi connectivity index (χ2v) is 8.15. The lowest BCUT2D eigenvalue weighted by molar-refractivity contribution is -0.384. The molecule has 0 saturated carbocycles.